The predicted molar refractivity (Wildman–Crippen MR) is 166 cm³/mol. The number of nitrogens with two attached hydrogens (primary N) is 2. The second kappa shape index (κ2) is 20.1. The summed E-state index contributed by atoms with van der Waals surface area (Å²) in [5, 5.41) is 14.7. The first-order chi connectivity index (χ1) is 20.1. The molecule has 1 aromatic carbocycles. The van der Waals surface area contributed by atoms with E-state index in [1.165, 1.54) is 0 Å². The number of nitrogens with one attached hydrogen (secondary N) is 2. The number of aliphatic hydroxyl groups is 1. The van der Waals surface area contributed by atoms with Crippen molar-refractivity contribution in [1.29, 1.82) is 0 Å². The van der Waals surface area contributed by atoms with E-state index in [2.05, 4.69) is 43.1 Å². The molecular weight excluding hydrogens is 583 g/mol. The van der Waals surface area contributed by atoms with Crippen LogP contribution in [-0.2, 0) is 23.8 Å². The summed E-state index contributed by atoms with van der Waals surface area (Å²) in [6.45, 7) is 7.74. The van der Waals surface area contributed by atoms with E-state index in [9.17, 15) is 14.7 Å². The molecule has 0 bridgehead atoms. The average molecular weight is 627 g/mol. The molecule has 4 atom stereocenters. The summed E-state index contributed by atoms with van der Waals surface area (Å²) < 4.78 is 23.0. The Labute approximate surface area is 256 Å². The largest absolute Gasteiger partial charge is 0.490 e. The average Bonchev–Trinajstić information content (AvgIpc) is 3.38. The summed E-state index contributed by atoms with van der Waals surface area (Å²) in [7, 11) is 3.68. The van der Waals surface area contributed by atoms with E-state index in [0.29, 0.717) is 38.1 Å². The van der Waals surface area contributed by atoms with Gasteiger partial charge in [-0.15, -0.1) is 0 Å². The molecule has 0 spiro atoms. The van der Waals surface area contributed by atoms with Gasteiger partial charge in [-0.1, -0.05) is 54.3 Å². The Bertz CT molecular complexity index is 1010. The van der Waals surface area contributed by atoms with Gasteiger partial charge in [-0.2, -0.15) is 5.82 Å². The van der Waals surface area contributed by atoms with Crippen LogP contribution < -0.4 is 27.0 Å². The van der Waals surface area contributed by atoms with Crippen molar-refractivity contribution in [2.45, 2.75) is 55.6 Å². The Kier molecular flexibility index (Phi) is 17.3. The van der Waals surface area contributed by atoms with Gasteiger partial charge in [-0.3, -0.25) is 14.4 Å². The molecule has 2 unspecified atom stereocenters. The molecule has 234 valence electrons. The van der Waals surface area contributed by atoms with Crippen molar-refractivity contribution >= 4 is 40.7 Å². The Morgan fingerprint density at radius 2 is 2.10 bits per heavy atom. The molecule has 1 heterocycles. The summed E-state index contributed by atoms with van der Waals surface area (Å²) in [5.74, 6) is 11.1. The normalized spacial score (nSPS) is 19.0. The van der Waals surface area contributed by atoms with Crippen molar-refractivity contribution in [1.82, 2.24) is 10.6 Å². The van der Waals surface area contributed by atoms with Crippen molar-refractivity contribution in [3.8, 4) is 17.5 Å². The van der Waals surface area contributed by atoms with Crippen LogP contribution in [0, 0.1) is 11.7 Å². The maximum Gasteiger partial charge on any atom is 0.251 e. The molecule has 0 radical (unpaired) electrons. The molecule has 42 heavy (non-hydrogen) atoms. The Morgan fingerprint density at radius 3 is 2.79 bits per heavy atom. The molecule has 1 aliphatic rings. The molecule has 2 rings (SSSR count). The number of aliphatic hydroxyl groups excluding tert-OH is 1. The standard InChI is InChI=1S/C27H43BN4O8S2/c1-27(2,3)42-41-25(18-38-20-7-4-6-19(14-20)26(35)32-11-9-29)37-13-12-36-17-24(34)31-10-5-8-28-23-15-21(40-30)22(16-33)39-23/h4,6-7,14,21-23,25,28,33H,9-13,15-18,29-30H2,1-3H3,(H,31,34)(H,32,35)/t21-,22?,23-,25?/m1/s1. The number of hydrogen-bond donors (Lipinski definition) is 5. The number of carbonyl (C=O) groups is 2. The van der Waals surface area contributed by atoms with E-state index in [-0.39, 0.29) is 73.7 Å². The first-order valence-electron chi connectivity index (χ1n) is 13.7. The van der Waals surface area contributed by atoms with Crippen LogP contribution in [0.2, 0.25) is 0 Å². The van der Waals surface area contributed by atoms with Gasteiger partial charge in [0.25, 0.3) is 5.91 Å². The van der Waals surface area contributed by atoms with E-state index in [4.69, 9.17) is 35.4 Å². The number of amides is 2. The third-order valence-electron chi connectivity index (χ3n) is 5.54. The van der Waals surface area contributed by atoms with Crippen LogP contribution >= 0.6 is 21.6 Å². The van der Waals surface area contributed by atoms with Gasteiger partial charge in [0.05, 0.1) is 26.4 Å². The molecule has 0 aliphatic carbocycles. The van der Waals surface area contributed by atoms with Crippen LogP contribution in [0.3, 0.4) is 0 Å². The second-order valence-electron chi connectivity index (χ2n) is 10.3. The second-order valence-corrected chi connectivity index (χ2v) is 13.4. The maximum atomic E-state index is 12.2. The summed E-state index contributed by atoms with van der Waals surface area (Å²) in [6.07, 6.45) is -0.236. The van der Waals surface area contributed by atoms with Crippen molar-refractivity contribution < 1.29 is 38.5 Å². The summed E-state index contributed by atoms with van der Waals surface area (Å²) in [5.41, 5.74) is 5.64. The molecular formula is C27H43BN4O8S2. The van der Waals surface area contributed by atoms with Crippen LogP contribution in [0.5, 0.6) is 5.75 Å². The molecule has 1 saturated heterocycles. The van der Waals surface area contributed by atoms with Crippen LogP contribution in [0.1, 0.15) is 37.6 Å². The zero-order chi connectivity index (χ0) is 30.8. The minimum Gasteiger partial charge on any atom is -0.490 e. The lowest BCUT2D eigenvalue weighted by atomic mass is 9.71. The molecule has 7 N–H and O–H groups in total. The number of hydrogen-bond acceptors (Lipinski definition) is 12. The van der Waals surface area contributed by atoms with Gasteiger partial charge in [0.15, 0.2) is 0 Å². The maximum absolute atomic E-state index is 12.2. The van der Waals surface area contributed by atoms with Crippen LogP contribution in [0.25, 0.3) is 0 Å². The molecule has 12 nitrogen and oxygen atoms in total. The van der Waals surface area contributed by atoms with Crippen LogP contribution in [0.15, 0.2) is 24.3 Å². The number of carbonyl (C=O) groups excluding carboxylic acids is 2. The highest BCUT2D eigenvalue weighted by Crippen LogP contribution is 2.38. The minimum absolute atomic E-state index is 0.0119. The number of benzene rings is 1. The lowest BCUT2D eigenvalue weighted by Crippen LogP contribution is -2.30. The summed E-state index contributed by atoms with van der Waals surface area (Å²) in [6, 6.07) is 6.76. The van der Waals surface area contributed by atoms with E-state index in [1.54, 1.807) is 45.9 Å². The summed E-state index contributed by atoms with van der Waals surface area (Å²) >= 11 is 0. The fraction of sp³-hybridized carbons (Fsp3) is 0.630. The number of rotatable bonds is 18. The topological polar surface area (TPSA) is 177 Å². The summed E-state index contributed by atoms with van der Waals surface area (Å²) in [4.78, 5) is 29.1. The first kappa shape index (κ1) is 36.2. The van der Waals surface area contributed by atoms with Gasteiger partial charge in [0.2, 0.25) is 13.2 Å². The molecule has 0 saturated carbocycles. The predicted octanol–water partition coefficient (Wildman–Crippen LogP) is 0.173. The van der Waals surface area contributed by atoms with E-state index >= 15 is 0 Å². The van der Waals surface area contributed by atoms with Gasteiger partial charge in [-0.05, 0) is 24.6 Å². The van der Waals surface area contributed by atoms with Crippen LogP contribution in [0.4, 0.5) is 0 Å². The smallest absolute Gasteiger partial charge is 0.251 e. The lowest BCUT2D eigenvalue weighted by Gasteiger charge is -2.22. The molecule has 0 aromatic heterocycles. The van der Waals surface area contributed by atoms with Crippen molar-refractivity contribution in [2.75, 3.05) is 52.7 Å². The van der Waals surface area contributed by atoms with E-state index in [1.807, 2.05) is 0 Å². The van der Waals surface area contributed by atoms with Crippen LogP contribution in [-0.4, -0.2) is 105 Å². The van der Waals surface area contributed by atoms with Gasteiger partial charge in [0, 0.05) is 29.4 Å². The van der Waals surface area contributed by atoms with E-state index < -0.39 is 6.10 Å². The fourth-order valence-corrected chi connectivity index (χ4v) is 5.76. The SMILES string of the molecule is CC(C)(C)SSC(COc1cccc(C(=O)NCCN)c1)OCCOCC(=O)NCC#CB[C@H]1C[C@@H](ON)C(CO)O1. The quantitative estimate of drug-likeness (QED) is 0.0374. The zero-order valence-corrected chi connectivity index (χ0v) is 26.1. The highest BCUT2D eigenvalue weighted by atomic mass is 33.1. The Balaban J connectivity index is 1.68. The highest BCUT2D eigenvalue weighted by Gasteiger charge is 2.35. The first-order valence-corrected chi connectivity index (χ1v) is 16.0. The molecule has 15 heteroatoms. The molecule has 1 aromatic rings. The van der Waals surface area contributed by atoms with Gasteiger partial charge < -0.3 is 40.4 Å². The molecule has 1 fully saturated rings. The Hall–Kier alpha value is -2.00. The highest BCUT2D eigenvalue weighted by molar-refractivity contribution is 8.77. The number of ether oxygens (including phenoxy) is 4. The minimum atomic E-state index is -0.445. The van der Waals surface area contributed by atoms with Crippen molar-refractivity contribution in [3.63, 3.8) is 0 Å². The monoisotopic (exact) mass is 626 g/mol. The third-order valence-corrected chi connectivity index (χ3v) is 9.06. The molecule has 1 aliphatic heterocycles. The van der Waals surface area contributed by atoms with Crippen molar-refractivity contribution in [3.05, 3.63) is 29.8 Å². The van der Waals surface area contributed by atoms with Gasteiger partial charge in [-0.25, -0.2) is 5.90 Å². The molecule has 2 amide bonds. The fourth-order valence-electron chi connectivity index (χ4n) is 3.56. The zero-order valence-electron chi connectivity index (χ0n) is 24.5. The Morgan fingerprint density at radius 1 is 1.29 bits per heavy atom. The van der Waals surface area contributed by atoms with Gasteiger partial charge in [0.1, 0.15) is 36.6 Å². The lowest BCUT2D eigenvalue weighted by molar-refractivity contribution is -0.126. The van der Waals surface area contributed by atoms with E-state index in [0.717, 1.165) is 0 Å². The third kappa shape index (κ3) is 14.9. The van der Waals surface area contributed by atoms with Gasteiger partial charge >= 0.3 is 0 Å². The van der Waals surface area contributed by atoms with Crippen molar-refractivity contribution in [2.24, 2.45) is 11.6 Å².